The molecule has 1 aliphatic rings. The third-order valence-electron chi connectivity index (χ3n) is 4.01. The van der Waals surface area contributed by atoms with Crippen molar-refractivity contribution >= 4 is 11.7 Å². The van der Waals surface area contributed by atoms with E-state index in [1.807, 2.05) is 36.2 Å². The van der Waals surface area contributed by atoms with E-state index in [0.717, 1.165) is 31.7 Å². The van der Waals surface area contributed by atoms with Gasteiger partial charge in [-0.25, -0.2) is 0 Å². The van der Waals surface area contributed by atoms with Crippen LogP contribution in [0.1, 0.15) is 25.8 Å². The predicted octanol–water partition coefficient (Wildman–Crippen LogP) is 1.34. The van der Waals surface area contributed by atoms with Gasteiger partial charge in [0.2, 0.25) is 5.91 Å². The molecule has 22 heavy (non-hydrogen) atoms. The van der Waals surface area contributed by atoms with Crippen LogP contribution in [0.4, 0.5) is 5.82 Å². The van der Waals surface area contributed by atoms with E-state index in [-0.39, 0.29) is 11.9 Å². The second-order valence-corrected chi connectivity index (χ2v) is 5.51. The monoisotopic (exact) mass is 300 g/mol. The number of anilines is 1. The van der Waals surface area contributed by atoms with Gasteiger partial charge in [0.25, 0.3) is 0 Å². The molecule has 1 aliphatic heterocycles. The molecule has 1 amide bonds. The zero-order chi connectivity index (χ0) is 15.4. The molecule has 116 valence electrons. The number of hydrogen-bond acceptors (Lipinski definition) is 5. The molecule has 2 aromatic heterocycles. The molecule has 0 bridgehead atoms. The van der Waals surface area contributed by atoms with Crippen molar-refractivity contribution in [2.75, 3.05) is 18.4 Å². The van der Waals surface area contributed by atoms with Gasteiger partial charge in [0.05, 0.1) is 0 Å². The first-order valence-electron chi connectivity index (χ1n) is 7.56. The Hall–Kier alpha value is -2.44. The molecule has 0 aromatic carbocycles. The lowest BCUT2D eigenvalue weighted by atomic mass is 10.0. The minimum atomic E-state index is -0.250. The minimum Gasteiger partial charge on any atom is -0.366 e. The van der Waals surface area contributed by atoms with Crippen molar-refractivity contribution in [2.45, 2.75) is 31.8 Å². The van der Waals surface area contributed by atoms with Crippen LogP contribution in [0.2, 0.25) is 0 Å². The van der Waals surface area contributed by atoms with E-state index >= 15 is 0 Å². The second kappa shape index (κ2) is 6.55. The lowest BCUT2D eigenvalue weighted by Crippen LogP contribution is -2.44. The lowest BCUT2D eigenvalue weighted by Gasteiger charge is -2.34. The summed E-state index contributed by atoms with van der Waals surface area (Å²) in [6, 6.07) is 5.69. The molecule has 1 saturated heterocycles. The highest BCUT2D eigenvalue weighted by Crippen LogP contribution is 2.18. The van der Waals surface area contributed by atoms with Crippen molar-refractivity contribution in [3.63, 3.8) is 0 Å². The molecule has 0 radical (unpaired) electrons. The van der Waals surface area contributed by atoms with Crippen LogP contribution in [0.15, 0.2) is 36.8 Å². The fraction of sp³-hybridized carbons (Fsp3) is 0.467. The van der Waals surface area contributed by atoms with Crippen LogP contribution < -0.4 is 5.32 Å². The Morgan fingerprint density at radius 2 is 2.14 bits per heavy atom. The molecule has 1 atom stereocenters. The molecular weight excluding hydrogens is 280 g/mol. The van der Waals surface area contributed by atoms with E-state index in [2.05, 4.69) is 20.6 Å². The van der Waals surface area contributed by atoms with Crippen molar-refractivity contribution in [2.24, 2.45) is 0 Å². The largest absolute Gasteiger partial charge is 0.366 e. The minimum absolute atomic E-state index is 0.127. The molecule has 0 saturated carbocycles. The van der Waals surface area contributed by atoms with Crippen LogP contribution in [-0.2, 0) is 4.79 Å². The Balaban J connectivity index is 1.52. The molecule has 1 N–H and O–H groups in total. The molecule has 7 heteroatoms. The SMILES string of the molecule is CC(C(=O)N1CCC(Nc2cccnn2)CC1)n1cccn1. The number of nitrogens with one attached hydrogen (secondary N) is 1. The first kappa shape index (κ1) is 14.5. The first-order valence-corrected chi connectivity index (χ1v) is 7.56. The summed E-state index contributed by atoms with van der Waals surface area (Å²) in [5.74, 6) is 0.916. The molecule has 1 unspecified atom stereocenters. The van der Waals surface area contributed by atoms with E-state index < -0.39 is 0 Å². The molecule has 3 heterocycles. The van der Waals surface area contributed by atoms with Gasteiger partial charge in [-0.1, -0.05) is 0 Å². The molecule has 1 fully saturated rings. The Morgan fingerprint density at radius 3 is 2.77 bits per heavy atom. The number of hydrogen-bond donors (Lipinski definition) is 1. The van der Waals surface area contributed by atoms with Crippen LogP contribution in [0.5, 0.6) is 0 Å². The Morgan fingerprint density at radius 1 is 1.32 bits per heavy atom. The first-order chi connectivity index (χ1) is 10.7. The average molecular weight is 300 g/mol. The van der Waals surface area contributed by atoms with Crippen molar-refractivity contribution < 1.29 is 4.79 Å². The van der Waals surface area contributed by atoms with Gasteiger partial charge in [-0.05, 0) is 38.0 Å². The zero-order valence-corrected chi connectivity index (χ0v) is 12.6. The fourth-order valence-electron chi connectivity index (χ4n) is 2.72. The summed E-state index contributed by atoms with van der Waals surface area (Å²) >= 11 is 0. The van der Waals surface area contributed by atoms with Crippen molar-refractivity contribution in [3.8, 4) is 0 Å². The van der Waals surface area contributed by atoms with Gasteiger partial charge >= 0.3 is 0 Å². The maximum absolute atomic E-state index is 12.5. The van der Waals surface area contributed by atoms with Crippen molar-refractivity contribution in [1.82, 2.24) is 24.9 Å². The van der Waals surface area contributed by atoms with Crippen molar-refractivity contribution in [1.29, 1.82) is 0 Å². The number of amides is 1. The lowest BCUT2D eigenvalue weighted by molar-refractivity contribution is -0.135. The molecule has 0 spiro atoms. The zero-order valence-electron chi connectivity index (χ0n) is 12.6. The van der Waals surface area contributed by atoms with E-state index in [9.17, 15) is 4.79 Å². The van der Waals surface area contributed by atoms with Crippen LogP contribution in [0.3, 0.4) is 0 Å². The normalized spacial score (nSPS) is 17.2. The highest BCUT2D eigenvalue weighted by atomic mass is 16.2. The highest BCUT2D eigenvalue weighted by Gasteiger charge is 2.27. The third-order valence-corrected chi connectivity index (χ3v) is 4.01. The average Bonchev–Trinajstić information content (AvgIpc) is 3.10. The Labute approximate surface area is 129 Å². The third kappa shape index (κ3) is 3.24. The smallest absolute Gasteiger partial charge is 0.247 e. The summed E-state index contributed by atoms with van der Waals surface area (Å²) in [6.07, 6.45) is 7.00. The van der Waals surface area contributed by atoms with Crippen LogP contribution in [0.25, 0.3) is 0 Å². The fourth-order valence-corrected chi connectivity index (χ4v) is 2.72. The Bertz CT molecular complexity index is 592. The maximum atomic E-state index is 12.5. The summed E-state index contributed by atoms with van der Waals surface area (Å²) in [5.41, 5.74) is 0. The standard InChI is InChI=1S/C15H20N6O/c1-12(21-9-3-8-17-21)15(22)20-10-5-13(6-11-20)18-14-4-2-7-16-19-14/h2-4,7-9,12-13H,5-6,10-11H2,1H3,(H,18,19). The molecule has 3 rings (SSSR count). The number of piperidine rings is 1. The number of aromatic nitrogens is 4. The van der Waals surface area contributed by atoms with Gasteiger partial charge in [0.15, 0.2) is 0 Å². The molecule has 7 nitrogen and oxygen atoms in total. The highest BCUT2D eigenvalue weighted by molar-refractivity contribution is 5.80. The van der Waals surface area contributed by atoms with Crippen LogP contribution in [0, 0.1) is 0 Å². The van der Waals surface area contributed by atoms with E-state index in [1.165, 1.54) is 0 Å². The number of nitrogens with zero attached hydrogens (tertiary/aromatic N) is 5. The number of rotatable bonds is 4. The van der Waals surface area contributed by atoms with Gasteiger partial charge in [-0.15, -0.1) is 5.10 Å². The van der Waals surface area contributed by atoms with Gasteiger partial charge in [-0.2, -0.15) is 10.2 Å². The van der Waals surface area contributed by atoms with Gasteiger partial charge in [-0.3, -0.25) is 9.48 Å². The van der Waals surface area contributed by atoms with E-state index in [1.54, 1.807) is 17.1 Å². The number of likely N-dealkylation sites (tertiary alicyclic amines) is 1. The number of carbonyl (C=O) groups is 1. The van der Waals surface area contributed by atoms with Crippen LogP contribution in [-0.4, -0.2) is 49.9 Å². The second-order valence-electron chi connectivity index (χ2n) is 5.51. The topological polar surface area (TPSA) is 75.9 Å². The van der Waals surface area contributed by atoms with Crippen LogP contribution >= 0.6 is 0 Å². The molecular formula is C15H20N6O. The quantitative estimate of drug-likeness (QED) is 0.922. The summed E-state index contributed by atoms with van der Waals surface area (Å²) in [7, 11) is 0. The molecule has 2 aromatic rings. The van der Waals surface area contributed by atoms with E-state index in [4.69, 9.17) is 0 Å². The van der Waals surface area contributed by atoms with Gasteiger partial charge in [0.1, 0.15) is 11.9 Å². The Kier molecular flexibility index (Phi) is 4.32. The van der Waals surface area contributed by atoms with E-state index in [0.29, 0.717) is 6.04 Å². The predicted molar refractivity (Wildman–Crippen MR) is 82.2 cm³/mol. The summed E-state index contributed by atoms with van der Waals surface area (Å²) in [6.45, 7) is 3.39. The van der Waals surface area contributed by atoms with Crippen molar-refractivity contribution in [3.05, 3.63) is 36.8 Å². The number of carbonyl (C=O) groups excluding carboxylic acids is 1. The summed E-state index contributed by atoms with van der Waals surface area (Å²) in [5, 5.41) is 15.4. The maximum Gasteiger partial charge on any atom is 0.247 e. The summed E-state index contributed by atoms with van der Waals surface area (Å²) in [4.78, 5) is 14.4. The molecule has 0 aliphatic carbocycles. The van der Waals surface area contributed by atoms with Gasteiger partial charge < -0.3 is 10.2 Å². The summed E-state index contributed by atoms with van der Waals surface area (Å²) < 4.78 is 1.70. The van der Waals surface area contributed by atoms with Gasteiger partial charge in [0, 0.05) is 37.7 Å².